The highest BCUT2D eigenvalue weighted by atomic mass is 32.1. The van der Waals surface area contributed by atoms with E-state index in [0.717, 1.165) is 10.6 Å². The number of nitrogens with one attached hydrogen (secondary N) is 1. The molecule has 1 aromatic carbocycles. The summed E-state index contributed by atoms with van der Waals surface area (Å²) in [6.45, 7) is 0.209. The molecule has 0 unspecified atom stereocenters. The Hall–Kier alpha value is -2.82. The van der Waals surface area contributed by atoms with Crippen LogP contribution in [0.1, 0.15) is 28.3 Å². The molecule has 11 heteroatoms. The highest BCUT2D eigenvalue weighted by Crippen LogP contribution is 2.23. The van der Waals surface area contributed by atoms with Gasteiger partial charge in [-0.1, -0.05) is 46.9 Å². The number of aryl methyl sites for hydroxylation is 1. The summed E-state index contributed by atoms with van der Waals surface area (Å²) in [5, 5.41) is 19.5. The van der Waals surface area contributed by atoms with Crippen LogP contribution in [-0.4, -0.2) is 37.3 Å². The molecule has 3 rings (SSSR count). The maximum Gasteiger partial charge on any atom is 0.389 e. The Kier molecular flexibility index (Phi) is 5.79. The van der Waals surface area contributed by atoms with E-state index < -0.39 is 18.5 Å². The van der Waals surface area contributed by atoms with Crippen LogP contribution < -0.4 is 5.32 Å². The Morgan fingerprint density at radius 1 is 1.15 bits per heavy atom. The van der Waals surface area contributed by atoms with Crippen molar-refractivity contribution in [2.45, 2.75) is 32.1 Å². The number of halogens is 3. The van der Waals surface area contributed by atoms with Crippen LogP contribution >= 0.6 is 11.3 Å². The third-order valence-corrected chi connectivity index (χ3v) is 4.48. The Bertz CT molecular complexity index is 893. The second kappa shape index (κ2) is 8.25. The number of carbonyl (C=O) groups is 1. The second-order valence-corrected chi connectivity index (χ2v) is 6.70. The molecule has 2 heterocycles. The van der Waals surface area contributed by atoms with Gasteiger partial charge < -0.3 is 5.32 Å². The van der Waals surface area contributed by atoms with Crippen molar-refractivity contribution in [1.82, 2.24) is 30.5 Å². The summed E-state index contributed by atoms with van der Waals surface area (Å²) in [6.07, 6.45) is -3.92. The summed E-state index contributed by atoms with van der Waals surface area (Å²) in [5.41, 5.74) is 0.976. The molecule has 7 nitrogen and oxygen atoms in total. The molecule has 0 bridgehead atoms. The van der Waals surface area contributed by atoms with E-state index in [0.29, 0.717) is 5.01 Å². The Morgan fingerprint density at radius 3 is 2.67 bits per heavy atom. The highest BCUT2D eigenvalue weighted by molar-refractivity contribution is 7.14. The lowest BCUT2D eigenvalue weighted by molar-refractivity contribution is -0.136. The number of alkyl halides is 3. The van der Waals surface area contributed by atoms with E-state index in [1.165, 1.54) is 22.2 Å². The third-order valence-electron chi connectivity index (χ3n) is 3.51. The Labute approximate surface area is 156 Å². The molecule has 1 N–H and O–H groups in total. The molecule has 3 aromatic rings. The second-order valence-electron chi connectivity index (χ2n) is 5.64. The van der Waals surface area contributed by atoms with E-state index in [4.69, 9.17) is 0 Å². The molecule has 0 atom stereocenters. The molecule has 0 spiro atoms. The number of amides is 1. The normalized spacial score (nSPS) is 11.5. The zero-order valence-electron chi connectivity index (χ0n) is 14.0. The summed E-state index contributed by atoms with van der Waals surface area (Å²) in [4.78, 5) is 12.1. The van der Waals surface area contributed by atoms with Crippen molar-refractivity contribution < 1.29 is 18.0 Å². The van der Waals surface area contributed by atoms with Crippen molar-refractivity contribution in [2.75, 3.05) is 0 Å². The fourth-order valence-electron chi connectivity index (χ4n) is 2.22. The van der Waals surface area contributed by atoms with Gasteiger partial charge in [0.1, 0.15) is 10.0 Å². The molecule has 0 aliphatic carbocycles. The van der Waals surface area contributed by atoms with Crippen LogP contribution in [0.4, 0.5) is 13.2 Å². The van der Waals surface area contributed by atoms with E-state index >= 15 is 0 Å². The zero-order valence-corrected chi connectivity index (χ0v) is 14.8. The maximum atomic E-state index is 12.1. The predicted molar refractivity (Wildman–Crippen MR) is 91.8 cm³/mol. The van der Waals surface area contributed by atoms with Gasteiger partial charge in [-0.15, -0.1) is 15.3 Å². The van der Waals surface area contributed by atoms with Gasteiger partial charge in [-0.3, -0.25) is 9.48 Å². The van der Waals surface area contributed by atoms with E-state index in [9.17, 15) is 18.0 Å². The molecule has 0 saturated carbocycles. The van der Waals surface area contributed by atoms with Gasteiger partial charge in [-0.2, -0.15) is 13.2 Å². The van der Waals surface area contributed by atoms with Gasteiger partial charge in [0.25, 0.3) is 5.91 Å². The minimum Gasteiger partial charge on any atom is -0.344 e. The van der Waals surface area contributed by atoms with E-state index in [-0.39, 0.29) is 25.2 Å². The van der Waals surface area contributed by atoms with Crippen molar-refractivity contribution in [3.8, 4) is 10.6 Å². The van der Waals surface area contributed by atoms with Gasteiger partial charge in [0.2, 0.25) is 0 Å². The summed E-state index contributed by atoms with van der Waals surface area (Å²) in [7, 11) is 0. The molecule has 0 saturated heterocycles. The lowest BCUT2D eigenvalue weighted by Gasteiger charge is -2.04. The summed E-state index contributed by atoms with van der Waals surface area (Å²) in [6, 6.07) is 9.54. The minimum absolute atomic E-state index is 0.0369. The standard InChI is InChI=1S/C16H15F3N6OS/c17-16(18,19)7-4-8-25-10-12(21-24-25)14(26)20-9-13-22-23-15(27-13)11-5-2-1-3-6-11/h1-3,5-6,10H,4,7-9H2,(H,20,26). The maximum absolute atomic E-state index is 12.1. The first-order chi connectivity index (χ1) is 12.9. The first-order valence-electron chi connectivity index (χ1n) is 8.03. The van der Waals surface area contributed by atoms with Crippen molar-refractivity contribution in [3.05, 3.63) is 47.2 Å². The minimum atomic E-state index is -4.21. The van der Waals surface area contributed by atoms with Crippen LogP contribution in [0.5, 0.6) is 0 Å². The number of hydrogen-bond acceptors (Lipinski definition) is 6. The van der Waals surface area contributed by atoms with Crippen molar-refractivity contribution in [2.24, 2.45) is 0 Å². The lowest BCUT2D eigenvalue weighted by Crippen LogP contribution is -2.23. The van der Waals surface area contributed by atoms with Gasteiger partial charge in [0.05, 0.1) is 12.7 Å². The zero-order chi connectivity index (χ0) is 19.3. The summed E-state index contributed by atoms with van der Waals surface area (Å²) >= 11 is 1.36. The SMILES string of the molecule is O=C(NCc1nnc(-c2ccccc2)s1)c1cn(CCCC(F)(F)F)nn1. The van der Waals surface area contributed by atoms with Crippen molar-refractivity contribution >= 4 is 17.2 Å². The number of benzene rings is 1. The van der Waals surface area contributed by atoms with Crippen LogP contribution in [0.15, 0.2) is 36.5 Å². The number of carbonyl (C=O) groups excluding carboxylic acids is 1. The molecule has 142 valence electrons. The number of nitrogens with zero attached hydrogens (tertiary/aromatic N) is 5. The van der Waals surface area contributed by atoms with E-state index in [1.807, 2.05) is 30.3 Å². The summed E-state index contributed by atoms with van der Waals surface area (Å²) < 4.78 is 37.7. The van der Waals surface area contributed by atoms with Crippen molar-refractivity contribution in [3.63, 3.8) is 0 Å². The molecular weight excluding hydrogens is 381 g/mol. The monoisotopic (exact) mass is 396 g/mol. The van der Waals surface area contributed by atoms with Crippen LogP contribution in [-0.2, 0) is 13.1 Å². The van der Waals surface area contributed by atoms with Crippen LogP contribution in [0.3, 0.4) is 0 Å². The van der Waals surface area contributed by atoms with Gasteiger partial charge >= 0.3 is 6.18 Å². The molecule has 0 radical (unpaired) electrons. The summed E-state index contributed by atoms with van der Waals surface area (Å²) in [5.74, 6) is -0.478. The molecule has 1 amide bonds. The van der Waals surface area contributed by atoms with E-state index in [1.54, 1.807) is 0 Å². The van der Waals surface area contributed by atoms with Crippen LogP contribution in [0, 0.1) is 0 Å². The van der Waals surface area contributed by atoms with Gasteiger partial charge in [0.15, 0.2) is 5.69 Å². The molecule has 0 fully saturated rings. The number of rotatable bonds is 7. The van der Waals surface area contributed by atoms with Crippen LogP contribution in [0.2, 0.25) is 0 Å². The number of hydrogen-bond donors (Lipinski definition) is 1. The predicted octanol–water partition coefficient (Wildman–Crippen LogP) is 3.07. The average molecular weight is 396 g/mol. The first-order valence-corrected chi connectivity index (χ1v) is 8.85. The smallest absolute Gasteiger partial charge is 0.344 e. The lowest BCUT2D eigenvalue weighted by atomic mass is 10.2. The topological polar surface area (TPSA) is 85.6 Å². The largest absolute Gasteiger partial charge is 0.389 e. The molecule has 0 aliphatic heterocycles. The van der Waals surface area contributed by atoms with Gasteiger partial charge in [-0.25, -0.2) is 0 Å². The molecule has 27 heavy (non-hydrogen) atoms. The average Bonchev–Trinajstić information content (AvgIpc) is 3.29. The van der Waals surface area contributed by atoms with Crippen LogP contribution in [0.25, 0.3) is 10.6 Å². The first kappa shape index (κ1) is 19.0. The number of aromatic nitrogens is 5. The Balaban J connectivity index is 1.51. The van der Waals surface area contributed by atoms with Gasteiger partial charge in [0, 0.05) is 18.5 Å². The molecular formula is C16H15F3N6OS. The van der Waals surface area contributed by atoms with E-state index in [2.05, 4.69) is 25.8 Å². The Morgan fingerprint density at radius 2 is 1.93 bits per heavy atom. The fourth-order valence-corrected chi connectivity index (χ4v) is 3.01. The fraction of sp³-hybridized carbons (Fsp3) is 0.312. The highest BCUT2D eigenvalue weighted by Gasteiger charge is 2.26. The quantitative estimate of drug-likeness (QED) is 0.663. The third kappa shape index (κ3) is 5.58. The molecule has 2 aromatic heterocycles. The van der Waals surface area contributed by atoms with Gasteiger partial charge in [-0.05, 0) is 6.42 Å². The molecule has 0 aliphatic rings. The van der Waals surface area contributed by atoms with Crippen molar-refractivity contribution in [1.29, 1.82) is 0 Å².